The fraction of sp³-hybridized carbons (Fsp3) is 0.500. The lowest BCUT2D eigenvalue weighted by atomic mass is 10.2. The van der Waals surface area contributed by atoms with Crippen molar-refractivity contribution in [3.8, 4) is 0 Å². The van der Waals surface area contributed by atoms with Crippen LogP contribution in [0.15, 0.2) is 34.3 Å². The summed E-state index contributed by atoms with van der Waals surface area (Å²) in [7, 11) is 0. The summed E-state index contributed by atoms with van der Waals surface area (Å²) in [6.07, 6.45) is 4.59. The van der Waals surface area contributed by atoms with Crippen molar-refractivity contribution in [2.24, 2.45) is 0 Å². The molecule has 134 valence electrons. The molecule has 0 radical (unpaired) electrons. The lowest BCUT2D eigenvalue weighted by Gasteiger charge is -2.07. The summed E-state index contributed by atoms with van der Waals surface area (Å²) in [6.45, 7) is 3.73. The quantitative estimate of drug-likeness (QED) is 0.593. The normalized spacial score (nSPS) is 14.0. The number of nitrogens with one attached hydrogen (secondary N) is 1. The van der Waals surface area contributed by atoms with E-state index in [0.29, 0.717) is 12.3 Å². The summed E-state index contributed by atoms with van der Waals surface area (Å²) < 4.78 is 2.18. The van der Waals surface area contributed by atoms with Crippen LogP contribution in [0.3, 0.4) is 0 Å². The molecule has 2 heterocycles. The molecule has 0 saturated carbocycles. The van der Waals surface area contributed by atoms with Gasteiger partial charge >= 0.3 is 0 Å². The van der Waals surface area contributed by atoms with E-state index in [-0.39, 0.29) is 5.91 Å². The molecule has 7 heteroatoms. The van der Waals surface area contributed by atoms with Crippen LogP contribution in [0.1, 0.15) is 30.7 Å². The molecule has 1 amide bonds. The van der Waals surface area contributed by atoms with Crippen LogP contribution in [-0.2, 0) is 17.8 Å². The maximum atomic E-state index is 12.0. The van der Waals surface area contributed by atoms with Crippen LogP contribution in [0.2, 0.25) is 0 Å². The highest BCUT2D eigenvalue weighted by Gasteiger charge is 2.15. The molecule has 0 fully saturated rings. The molecule has 1 N–H and O–H groups in total. The molecule has 1 aliphatic heterocycles. The lowest BCUT2D eigenvalue weighted by Crippen LogP contribution is -2.27. The van der Waals surface area contributed by atoms with Crippen LogP contribution in [-0.4, -0.2) is 38.7 Å². The third kappa shape index (κ3) is 5.51. The predicted octanol–water partition coefficient (Wildman–Crippen LogP) is 3.31. The molecule has 3 rings (SSSR count). The molecule has 0 aliphatic carbocycles. The first-order valence-electron chi connectivity index (χ1n) is 8.73. The third-order valence-corrected chi connectivity index (χ3v) is 6.10. The highest BCUT2D eigenvalue weighted by atomic mass is 32.2. The molecule has 0 bridgehead atoms. The van der Waals surface area contributed by atoms with Crippen molar-refractivity contribution in [1.82, 2.24) is 20.1 Å². The summed E-state index contributed by atoms with van der Waals surface area (Å²) in [5, 5.41) is 12.4. The minimum absolute atomic E-state index is 0.0560. The summed E-state index contributed by atoms with van der Waals surface area (Å²) in [4.78, 5) is 13.3. The van der Waals surface area contributed by atoms with Gasteiger partial charge in [-0.2, -0.15) is 0 Å². The number of nitrogens with zero attached hydrogens (tertiary/aromatic N) is 3. The smallest absolute Gasteiger partial charge is 0.230 e. The highest BCUT2D eigenvalue weighted by Crippen LogP contribution is 2.21. The second kappa shape index (κ2) is 9.29. The van der Waals surface area contributed by atoms with Crippen molar-refractivity contribution in [3.63, 3.8) is 0 Å². The van der Waals surface area contributed by atoms with E-state index in [1.165, 1.54) is 41.5 Å². The minimum Gasteiger partial charge on any atom is -0.355 e. The van der Waals surface area contributed by atoms with Gasteiger partial charge in [-0.25, -0.2) is 0 Å². The first kappa shape index (κ1) is 18.3. The average Bonchev–Trinajstić information content (AvgIpc) is 2.85. The summed E-state index contributed by atoms with van der Waals surface area (Å²) >= 11 is 3.25. The van der Waals surface area contributed by atoms with Crippen LogP contribution < -0.4 is 5.32 Å². The van der Waals surface area contributed by atoms with Crippen molar-refractivity contribution in [3.05, 3.63) is 35.7 Å². The number of thioether (sulfide) groups is 2. The highest BCUT2D eigenvalue weighted by molar-refractivity contribution is 7.99. The van der Waals surface area contributed by atoms with E-state index in [1.54, 1.807) is 11.8 Å². The van der Waals surface area contributed by atoms with Crippen LogP contribution in [0.4, 0.5) is 0 Å². The van der Waals surface area contributed by atoms with Crippen LogP contribution in [0.25, 0.3) is 0 Å². The molecule has 25 heavy (non-hydrogen) atoms. The standard InChI is InChI=1S/C18H24N4OS2/c1-14-6-8-15(9-7-14)24-12-10-19-17(23)13-25-18-21-20-16-5-3-2-4-11-22(16)18/h6-9H,2-5,10-13H2,1H3,(H,19,23). The largest absolute Gasteiger partial charge is 0.355 e. The van der Waals surface area contributed by atoms with Gasteiger partial charge in [-0.1, -0.05) is 35.9 Å². The number of aryl methyl sites for hydroxylation is 2. The zero-order valence-corrected chi connectivity index (χ0v) is 16.2. The maximum absolute atomic E-state index is 12.0. The number of aromatic nitrogens is 3. The first-order chi connectivity index (χ1) is 12.2. The van der Waals surface area contributed by atoms with Gasteiger partial charge in [0.25, 0.3) is 0 Å². The Labute approximate surface area is 157 Å². The number of hydrogen-bond donors (Lipinski definition) is 1. The minimum atomic E-state index is 0.0560. The van der Waals surface area contributed by atoms with Crippen LogP contribution >= 0.6 is 23.5 Å². The van der Waals surface area contributed by atoms with Crippen molar-refractivity contribution >= 4 is 29.4 Å². The Kier molecular flexibility index (Phi) is 6.81. The van der Waals surface area contributed by atoms with Crippen LogP contribution in [0.5, 0.6) is 0 Å². The van der Waals surface area contributed by atoms with Gasteiger partial charge in [-0.15, -0.1) is 22.0 Å². The molecule has 0 saturated heterocycles. The van der Waals surface area contributed by atoms with Gasteiger partial charge in [0.15, 0.2) is 5.16 Å². The number of hydrogen-bond acceptors (Lipinski definition) is 5. The Morgan fingerprint density at radius 3 is 2.84 bits per heavy atom. The van der Waals surface area contributed by atoms with E-state index >= 15 is 0 Å². The van der Waals surface area contributed by atoms with Crippen LogP contribution in [0, 0.1) is 6.92 Å². The van der Waals surface area contributed by atoms with Gasteiger partial charge in [-0.05, 0) is 31.9 Å². The van der Waals surface area contributed by atoms with E-state index in [4.69, 9.17) is 0 Å². The lowest BCUT2D eigenvalue weighted by molar-refractivity contribution is -0.118. The first-order valence-corrected chi connectivity index (χ1v) is 10.7. The van der Waals surface area contributed by atoms with Gasteiger partial charge in [0.1, 0.15) is 5.82 Å². The van der Waals surface area contributed by atoms with Crippen molar-refractivity contribution in [1.29, 1.82) is 0 Å². The fourth-order valence-electron chi connectivity index (χ4n) is 2.74. The fourth-order valence-corrected chi connectivity index (χ4v) is 4.32. The molecule has 1 aromatic carbocycles. The van der Waals surface area contributed by atoms with Gasteiger partial charge in [0, 0.05) is 30.2 Å². The van der Waals surface area contributed by atoms with E-state index in [9.17, 15) is 4.79 Å². The number of benzene rings is 1. The van der Waals surface area contributed by atoms with E-state index in [1.807, 2.05) is 0 Å². The zero-order chi connectivity index (χ0) is 17.5. The Morgan fingerprint density at radius 2 is 2.00 bits per heavy atom. The van der Waals surface area contributed by atoms with Gasteiger partial charge in [-0.3, -0.25) is 4.79 Å². The van der Waals surface area contributed by atoms with Crippen molar-refractivity contribution < 1.29 is 4.79 Å². The van der Waals surface area contributed by atoms with Crippen molar-refractivity contribution in [2.45, 2.75) is 49.2 Å². The Hall–Kier alpha value is -1.47. The SMILES string of the molecule is Cc1ccc(SCCNC(=O)CSc2nnc3n2CCCCC3)cc1. The van der Waals surface area contributed by atoms with E-state index in [2.05, 4.69) is 51.3 Å². The monoisotopic (exact) mass is 376 g/mol. The molecule has 0 atom stereocenters. The summed E-state index contributed by atoms with van der Waals surface area (Å²) in [6, 6.07) is 8.46. The average molecular weight is 377 g/mol. The number of carbonyl (C=O) groups excluding carboxylic acids is 1. The molecule has 2 aromatic rings. The number of amides is 1. The number of carbonyl (C=O) groups is 1. The summed E-state index contributed by atoms with van der Waals surface area (Å²) in [5.74, 6) is 2.39. The second-order valence-corrected chi connectivity index (χ2v) is 8.27. The molecule has 1 aliphatic rings. The topological polar surface area (TPSA) is 59.8 Å². The molecular weight excluding hydrogens is 352 g/mol. The Balaban J connectivity index is 1.37. The molecule has 1 aromatic heterocycles. The number of fused-ring (bicyclic) bond motifs is 1. The van der Waals surface area contributed by atoms with Gasteiger partial charge in [0.2, 0.25) is 5.91 Å². The third-order valence-electron chi connectivity index (χ3n) is 4.12. The van der Waals surface area contributed by atoms with E-state index in [0.717, 1.165) is 29.7 Å². The summed E-state index contributed by atoms with van der Waals surface area (Å²) in [5.41, 5.74) is 1.26. The maximum Gasteiger partial charge on any atom is 0.230 e. The predicted molar refractivity (Wildman–Crippen MR) is 103 cm³/mol. The molecule has 0 unspecified atom stereocenters. The van der Waals surface area contributed by atoms with E-state index < -0.39 is 0 Å². The van der Waals surface area contributed by atoms with Crippen molar-refractivity contribution in [2.75, 3.05) is 18.1 Å². The number of rotatable bonds is 7. The zero-order valence-electron chi connectivity index (χ0n) is 14.5. The second-order valence-electron chi connectivity index (χ2n) is 6.16. The molecular formula is C18H24N4OS2. The Morgan fingerprint density at radius 1 is 1.16 bits per heavy atom. The molecule has 0 spiro atoms. The van der Waals surface area contributed by atoms with Gasteiger partial charge in [0.05, 0.1) is 5.75 Å². The molecule has 5 nitrogen and oxygen atoms in total. The van der Waals surface area contributed by atoms with Gasteiger partial charge < -0.3 is 9.88 Å². The Bertz CT molecular complexity index is 700.